The second kappa shape index (κ2) is 24.9. The molecule has 2 unspecified atom stereocenters. The Hall–Kier alpha value is -5.39. The van der Waals surface area contributed by atoms with Crippen LogP contribution >= 0.6 is 23.2 Å². The number of piperidine rings is 2. The lowest BCUT2D eigenvalue weighted by molar-refractivity contribution is -0.136. The molecular formula is C51H64Cl2N6O10. The van der Waals surface area contributed by atoms with E-state index in [0.29, 0.717) is 117 Å². The van der Waals surface area contributed by atoms with Crippen molar-refractivity contribution in [2.24, 2.45) is 11.3 Å². The van der Waals surface area contributed by atoms with Crippen molar-refractivity contribution in [3.05, 3.63) is 93.0 Å². The molecule has 18 heteroatoms. The van der Waals surface area contributed by atoms with Crippen LogP contribution in [-0.2, 0) is 33.4 Å². The van der Waals surface area contributed by atoms with Gasteiger partial charge in [0, 0.05) is 117 Å². The molecule has 69 heavy (non-hydrogen) atoms. The lowest BCUT2D eigenvalue weighted by atomic mass is 9.93. The Labute approximate surface area is 413 Å². The van der Waals surface area contributed by atoms with Gasteiger partial charge in [0.2, 0.25) is 29.5 Å². The number of likely N-dealkylation sites (tertiary alicyclic amines) is 1. The summed E-state index contributed by atoms with van der Waals surface area (Å²) in [7, 11) is 0. The smallest absolute Gasteiger partial charge is 0.264 e. The molecule has 2 saturated heterocycles. The molecule has 7 amide bonds. The largest absolute Gasteiger partial charge is 0.384 e. The minimum atomic E-state index is -1.14. The van der Waals surface area contributed by atoms with Gasteiger partial charge < -0.3 is 35.0 Å². The Kier molecular flexibility index (Phi) is 19.1. The molecule has 2 atom stereocenters. The van der Waals surface area contributed by atoms with Gasteiger partial charge in [-0.15, -0.1) is 0 Å². The van der Waals surface area contributed by atoms with Crippen molar-refractivity contribution < 1.29 is 48.1 Å². The third kappa shape index (κ3) is 14.3. The topological polar surface area (TPSA) is 204 Å². The number of nitrogens with one attached hydrogen (secondary N) is 3. The number of imide groups is 2. The van der Waals surface area contributed by atoms with Gasteiger partial charge in [0.25, 0.3) is 11.8 Å². The number of halogens is 2. The molecule has 0 aromatic heterocycles. The van der Waals surface area contributed by atoms with E-state index in [0.717, 1.165) is 17.7 Å². The standard InChI is InChI=1S/C51H64Cl2N6O10/c1-51(2,3)32-58(40-16-15-34(52)31-37(40)46(63)35-11-4-5-13-38(35)53)44(62)20-19-43(61)57-25-21-33(22-26-57)47(64)55-24-10-30-69-28-7-6-27-68-29-9-23-54-39-14-8-12-36-45(39)50(67)59(49(36)66)41-17-18-42(60)56-48(41)65/h4-5,8,11-16,31,33,41,46,54,63H,6-7,9-10,17-30,32H2,1-3H3,(H,55,64)(H,56,60,65). The van der Waals surface area contributed by atoms with Crippen molar-refractivity contribution in [1.29, 1.82) is 0 Å². The van der Waals surface area contributed by atoms with Crippen molar-refractivity contribution in [1.82, 2.24) is 20.4 Å². The normalized spacial score (nSPS) is 16.9. The molecule has 0 spiro atoms. The van der Waals surface area contributed by atoms with Gasteiger partial charge in [-0.2, -0.15) is 0 Å². The molecule has 3 aromatic rings. The molecule has 3 aliphatic rings. The van der Waals surface area contributed by atoms with Crippen LogP contribution < -0.4 is 20.9 Å². The summed E-state index contributed by atoms with van der Waals surface area (Å²) >= 11 is 12.8. The van der Waals surface area contributed by atoms with Crippen molar-refractivity contribution >= 4 is 75.9 Å². The molecule has 0 aliphatic carbocycles. The number of nitrogens with zero attached hydrogens (tertiary/aromatic N) is 3. The van der Waals surface area contributed by atoms with Gasteiger partial charge in [-0.3, -0.25) is 43.8 Å². The summed E-state index contributed by atoms with van der Waals surface area (Å²) in [6, 6.07) is 16.0. The van der Waals surface area contributed by atoms with Crippen LogP contribution in [0.3, 0.4) is 0 Å². The Morgan fingerprint density at radius 3 is 2.19 bits per heavy atom. The van der Waals surface area contributed by atoms with Gasteiger partial charge in [-0.05, 0) is 86.8 Å². The van der Waals surface area contributed by atoms with Crippen molar-refractivity contribution in [2.75, 3.05) is 69.4 Å². The summed E-state index contributed by atoms with van der Waals surface area (Å²) in [5.74, 6) is -2.79. The van der Waals surface area contributed by atoms with E-state index in [9.17, 15) is 38.7 Å². The first kappa shape index (κ1) is 53.0. The van der Waals surface area contributed by atoms with Crippen LogP contribution in [-0.4, -0.2) is 121 Å². The van der Waals surface area contributed by atoms with Crippen molar-refractivity contribution in [2.45, 2.75) is 97.1 Å². The number of rotatable bonds is 23. The Morgan fingerprint density at radius 2 is 1.51 bits per heavy atom. The van der Waals surface area contributed by atoms with E-state index >= 15 is 0 Å². The molecule has 4 N–H and O–H groups in total. The summed E-state index contributed by atoms with van der Waals surface area (Å²) in [5, 5.41) is 20.7. The van der Waals surface area contributed by atoms with E-state index < -0.39 is 35.8 Å². The van der Waals surface area contributed by atoms with Crippen molar-refractivity contribution in [3.8, 4) is 0 Å². The van der Waals surface area contributed by atoms with Gasteiger partial charge in [0.05, 0.1) is 11.1 Å². The van der Waals surface area contributed by atoms with E-state index in [1.54, 1.807) is 70.5 Å². The summed E-state index contributed by atoms with van der Waals surface area (Å²) in [6.45, 7) is 10.4. The van der Waals surface area contributed by atoms with E-state index in [1.165, 1.54) is 0 Å². The van der Waals surface area contributed by atoms with Gasteiger partial charge in [-0.1, -0.05) is 68.2 Å². The highest BCUT2D eigenvalue weighted by Crippen LogP contribution is 2.38. The number of fused-ring (bicyclic) bond motifs is 1. The predicted octanol–water partition coefficient (Wildman–Crippen LogP) is 6.70. The maximum Gasteiger partial charge on any atom is 0.264 e. The highest BCUT2D eigenvalue weighted by atomic mass is 35.5. The Bertz CT molecular complexity index is 2350. The maximum absolute atomic E-state index is 13.9. The second-order valence-corrected chi connectivity index (χ2v) is 19.7. The second-order valence-electron chi connectivity index (χ2n) is 18.9. The van der Waals surface area contributed by atoms with Gasteiger partial charge in [0.15, 0.2) is 0 Å². The highest BCUT2D eigenvalue weighted by Gasteiger charge is 2.45. The third-order valence-corrected chi connectivity index (χ3v) is 12.9. The minimum absolute atomic E-state index is 0.0162. The maximum atomic E-state index is 13.9. The van der Waals surface area contributed by atoms with Crippen LogP contribution in [0.1, 0.15) is 123 Å². The van der Waals surface area contributed by atoms with Crippen molar-refractivity contribution in [3.63, 3.8) is 0 Å². The van der Waals surface area contributed by atoms with Crippen LogP contribution in [0, 0.1) is 11.3 Å². The molecular weight excluding hydrogens is 927 g/mol. The zero-order chi connectivity index (χ0) is 49.7. The molecule has 372 valence electrons. The van der Waals surface area contributed by atoms with Gasteiger partial charge >= 0.3 is 0 Å². The Morgan fingerprint density at radius 1 is 0.826 bits per heavy atom. The quantitative estimate of drug-likeness (QED) is 0.0582. The van der Waals surface area contributed by atoms with E-state index in [2.05, 4.69) is 16.0 Å². The molecule has 16 nitrogen and oxygen atoms in total. The van der Waals surface area contributed by atoms with E-state index in [4.69, 9.17) is 32.7 Å². The molecule has 6 rings (SSSR count). The van der Waals surface area contributed by atoms with Crippen LogP contribution in [0.25, 0.3) is 0 Å². The number of ether oxygens (including phenoxy) is 2. The molecule has 3 aromatic carbocycles. The molecule has 0 radical (unpaired) electrons. The molecule has 2 fully saturated rings. The molecule has 0 bridgehead atoms. The molecule has 3 aliphatic heterocycles. The average molecular weight is 992 g/mol. The van der Waals surface area contributed by atoms with Crippen LogP contribution in [0.5, 0.6) is 0 Å². The number of carbonyl (C=O) groups excluding carboxylic acids is 7. The first-order valence-electron chi connectivity index (χ1n) is 23.9. The number of carbonyl (C=O) groups is 7. The van der Waals surface area contributed by atoms with Gasteiger partial charge in [0.1, 0.15) is 12.1 Å². The Balaban J connectivity index is 0.808. The van der Waals surface area contributed by atoms with E-state index in [-0.39, 0.29) is 65.9 Å². The predicted molar refractivity (Wildman–Crippen MR) is 262 cm³/mol. The number of hydrogen-bond donors (Lipinski definition) is 4. The number of unbranched alkanes of at least 4 members (excludes halogenated alkanes) is 1. The zero-order valence-electron chi connectivity index (χ0n) is 39.7. The summed E-state index contributed by atoms with van der Waals surface area (Å²) in [6.07, 6.45) is 3.05. The van der Waals surface area contributed by atoms with Crippen LogP contribution in [0.4, 0.5) is 11.4 Å². The SMILES string of the molecule is CC(C)(C)CN(C(=O)CCC(=O)N1CCC(C(=O)NCCCOCCCCOCCCNc2cccc3c2C(=O)N(C2CCC(=O)NC2=O)C3=O)CC1)c1ccc(Cl)cc1C(O)c1ccccc1Cl. The lowest BCUT2D eigenvalue weighted by Gasteiger charge is -2.33. The van der Waals surface area contributed by atoms with E-state index in [1.807, 2.05) is 20.8 Å². The number of benzene rings is 3. The first-order valence-corrected chi connectivity index (χ1v) is 24.6. The number of amides is 7. The molecule has 3 heterocycles. The number of hydrogen-bond acceptors (Lipinski definition) is 11. The first-order chi connectivity index (χ1) is 33.0. The van der Waals surface area contributed by atoms with Crippen LogP contribution in [0.2, 0.25) is 10.0 Å². The fourth-order valence-electron chi connectivity index (χ4n) is 8.74. The third-order valence-electron chi connectivity index (χ3n) is 12.3. The number of anilines is 2. The highest BCUT2D eigenvalue weighted by molar-refractivity contribution is 6.31. The fourth-order valence-corrected chi connectivity index (χ4v) is 9.16. The minimum Gasteiger partial charge on any atom is -0.384 e. The van der Waals surface area contributed by atoms with Crippen LogP contribution in [0.15, 0.2) is 60.7 Å². The zero-order valence-corrected chi connectivity index (χ0v) is 41.2. The average Bonchev–Trinajstić information content (AvgIpc) is 3.58. The number of aliphatic hydroxyl groups excluding tert-OH is 1. The number of aliphatic hydroxyl groups is 1. The summed E-state index contributed by atoms with van der Waals surface area (Å²) in [5.41, 5.74) is 2.08. The fraction of sp³-hybridized carbons (Fsp3) is 0.510. The molecule has 0 saturated carbocycles. The van der Waals surface area contributed by atoms with Gasteiger partial charge in [-0.25, -0.2) is 0 Å². The monoisotopic (exact) mass is 990 g/mol. The summed E-state index contributed by atoms with van der Waals surface area (Å²) in [4.78, 5) is 94.8. The summed E-state index contributed by atoms with van der Waals surface area (Å²) < 4.78 is 11.5. The lowest BCUT2D eigenvalue weighted by Crippen LogP contribution is -2.54.